The number of hydrogen-bond donors (Lipinski definition) is 1. The maximum Gasteiger partial charge on any atom is 0.226 e. The first-order chi connectivity index (χ1) is 14.0. The molecular formula is C23H25BrN2O2S. The SMILES string of the molecule is CCc1sc(NC(=O)CCCOc2ccc(C)cc2C)nc1-c1ccc(Br)cc1. The van der Waals surface area contributed by atoms with E-state index in [4.69, 9.17) is 4.74 Å². The van der Waals surface area contributed by atoms with Crippen molar-refractivity contribution in [2.24, 2.45) is 0 Å². The fourth-order valence-corrected chi connectivity index (χ4v) is 4.24. The third kappa shape index (κ3) is 5.90. The first kappa shape index (κ1) is 21.5. The third-order valence-corrected chi connectivity index (χ3v) is 6.16. The summed E-state index contributed by atoms with van der Waals surface area (Å²) in [6.07, 6.45) is 1.94. The molecule has 6 heteroatoms. The zero-order valence-corrected chi connectivity index (χ0v) is 19.3. The van der Waals surface area contributed by atoms with Gasteiger partial charge in [-0.1, -0.05) is 52.7 Å². The second kappa shape index (κ2) is 10.0. The Bertz CT molecular complexity index is 983. The van der Waals surface area contributed by atoms with Gasteiger partial charge in [0, 0.05) is 21.3 Å². The van der Waals surface area contributed by atoms with Crippen LogP contribution >= 0.6 is 27.3 Å². The molecule has 152 valence electrons. The summed E-state index contributed by atoms with van der Waals surface area (Å²) >= 11 is 5.00. The molecule has 0 atom stereocenters. The number of benzene rings is 2. The lowest BCUT2D eigenvalue weighted by atomic mass is 10.1. The average molecular weight is 473 g/mol. The Morgan fingerprint density at radius 3 is 2.62 bits per heavy atom. The monoisotopic (exact) mass is 472 g/mol. The van der Waals surface area contributed by atoms with E-state index < -0.39 is 0 Å². The van der Waals surface area contributed by atoms with Crippen LogP contribution in [0.2, 0.25) is 0 Å². The molecule has 0 spiro atoms. The van der Waals surface area contributed by atoms with Crippen molar-refractivity contribution in [3.05, 3.63) is 62.9 Å². The van der Waals surface area contributed by atoms with Gasteiger partial charge in [0.1, 0.15) is 5.75 Å². The van der Waals surface area contributed by atoms with Crippen LogP contribution in [0.3, 0.4) is 0 Å². The van der Waals surface area contributed by atoms with Gasteiger partial charge in [-0.3, -0.25) is 4.79 Å². The Hall–Kier alpha value is -2.18. The molecule has 1 heterocycles. The lowest BCUT2D eigenvalue weighted by Gasteiger charge is -2.09. The Morgan fingerprint density at radius 2 is 1.93 bits per heavy atom. The van der Waals surface area contributed by atoms with Crippen LogP contribution < -0.4 is 10.1 Å². The third-order valence-electron chi connectivity index (χ3n) is 4.52. The number of nitrogens with one attached hydrogen (secondary N) is 1. The predicted octanol–water partition coefficient (Wildman–Crippen LogP) is 6.55. The second-order valence-corrected chi connectivity index (χ2v) is 8.92. The molecule has 0 saturated heterocycles. The quantitative estimate of drug-likeness (QED) is 0.378. The summed E-state index contributed by atoms with van der Waals surface area (Å²) in [5.41, 5.74) is 4.33. The number of aryl methyl sites for hydroxylation is 3. The van der Waals surface area contributed by atoms with Gasteiger partial charge in [-0.25, -0.2) is 4.98 Å². The number of hydrogen-bond acceptors (Lipinski definition) is 4. The fourth-order valence-electron chi connectivity index (χ4n) is 3.04. The molecule has 0 bridgehead atoms. The number of thiazole rings is 1. The summed E-state index contributed by atoms with van der Waals surface area (Å²) in [5, 5.41) is 3.59. The first-order valence-corrected chi connectivity index (χ1v) is 11.3. The molecule has 0 radical (unpaired) electrons. The van der Waals surface area contributed by atoms with E-state index in [1.54, 1.807) is 11.3 Å². The highest BCUT2D eigenvalue weighted by atomic mass is 79.9. The van der Waals surface area contributed by atoms with E-state index in [9.17, 15) is 4.79 Å². The van der Waals surface area contributed by atoms with Crippen molar-refractivity contribution in [2.75, 3.05) is 11.9 Å². The second-order valence-electron chi connectivity index (χ2n) is 6.92. The normalized spacial score (nSPS) is 10.8. The Labute approximate surface area is 184 Å². The number of rotatable bonds is 8. The van der Waals surface area contributed by atoms with E-state index in [1.807, 2.05) is 43.3 Å². The molecule has 3 rings (SSSR count). The molecular weight excluding hydrogens is 448 g/mol. The highest BCUT2D eigenvalue weighted by molar-refractivity contribution is 9.10. The summed E-state index contributed by atoms with van der Waals surface area (Å²) < 4.78 is 6.84. The van der Waals surface area contributed by atoms with Crippen molar-refractivity contribution >= 4 is 38.3 Å². The van der Waals surface area contributed by atoms with Gasteiger partial charge >= 0.3 is 0 Å². The van der Waals surface area contributed by atoms with Gasteiger partial charge in [0.15, 0.2) is 5.13 Å². The number of ether oxygens (including phenoxy) is 1. The first-order valence-electron chi connectivity index (χ1n) is 9.71. The van der Waals surface area contributed by atoms with Gasteiger partial charge in [-0.15, -0.1) is 11.3 Å². The smallest absolute Gasteiger partial charge is 0.226 e. The van der Waals surface area contributed by atoms with Gasteiger partial charge in [-0.05, 0) is 50.5 Å². The molecule has 2 aromatic carbocycles. The van der Waals surface area contributed by atoms with Crippen molar-refractivity contribution in [3.63, 3.8) is 0 Å². The number of halogens is 1. The zero-order valence-electron chi connectivity index (χ0n) is 16.9. The van der Waals surface area contributed by atoms with E-state index in [2.05, 4.69) is 46.1 Å². The summed E-state index contributed by atoms with van der Waals surface area (Å²) in [5.74, 6) is 0.843. The number of nitrogens with zero attached hydrogens (tertiary/aromatic N) is 1. The van der Waals surface area contributed by atoms with E-state index >= 15 is 0 Å². The lowest BCUT2D eigenvalue weighted by Crippen LogP contribution is -2.12. The summed E-state index contributed by atoms with van der Waals surface area (Å²) in [7, 11) is 0. The molecule has 0 unspecified atom stereocenters. The van der Waals surface area contributed by atoms with Crippen molar-refractivity contribution in [2.45, 2.75) is 40.0 Å². The molecule has 1 aromatic heterocycles. The van der Waals surface area contributed by atoms with Crippen molar-refractivity contribution in [1.29, 1.82) is 0 Å². The number of aromatic nitrogens is 1. The van der Waals surface area contributed by atoms with Crippen LogP contribution in [0.5, 0.6) is 5.75 Å². The lowest BCUT2D eigenvalue weighted by molar-refractivity contribution is -0.116. The van der Waals surface area contributed by atoms with E-state index in [-0.39, 0.29) is 5.91 Å². The maximum atomic E-state index is 12.3. The molecule has 1 amide bonds. The summed E-state index contributed by atoms with van der Waals surface area (Å²) in [6, 6.07) is 14.2. The van der Waals surface area contributed by atoms with Crippen LogP contribution in [0.1, 0.15) is 35.8 Å². The van der Waals surface area contributed by atoms with Crippen LogP contribution in [-0.2, 0) is 11.2 Å². The summed E-state index contributed by atoms with van der Waals surface area (Å²) in [6.45, 7) is 6.71. The van der Waals surface area contributed by atoms with Gasteiger partial charge in [-0.2, -0.15) is 0 Å². The largest absolute Gasteiger partial charge is 0.493 e. The Balaban J connectivity index is 1.53. The van der Waals surface area contributed by atoms with Gasteiger partial charge in [0.2, 0.25) is 5.91 Å². The molecule has 3 aromatic rings. The molecule has 4 nitrogen and oxygen atoms in total. The molecule has 0 saturated carbocycles. The standard InChI is InChI=1S/C23H25BrN2O2S/c1-4-20-22(17-8-10-18(24)11-9-17)26-23(29-20)25-21(27)6-5-13-28-19-12-7-15(2)14-16(19)3/h7-12,14H,4-6,13H2,1-3H3,(H,25,26,27). The minimum absolute atomic E-state index is 0.0343. The van der Waals surface area contributed by atoms with Crippen molar-refractivity contribution in [1.82, 2.24) is 4.98 Å². The number of carbonyl (C=O) groups is 1. The summed E-state index contributed by atoms with van der Waals surface area (Å²) in [4.78, 5) is 18.1. The molecule has 0 aliphatic rings. The van der Waals surface area contributed by atoms with Crippen molar-refractivity contribution in [3.8, 4) is 17.0 Å². The van der Waals surface area contributed by atoms with Crippen LogP contribution in [0.25, 0.3) is 11.3 Å². The molecule has 29 heavy (non-hydrogen) atoms. The van der Waals surface area contributed by atoms with Gasteiger partial charge < -0.3 is 10.1 Å². The molecule has 0 aliphatic heterocycles. The molecule has 0 aliphatic carbocycles. The topological polar surface area (TPSA) is 51.2 Å². The Morgan fingerprint density at radius 1 is 1.17 bits per heavy atom. The average Bonchev–Trinajstić information content (AvgIpc) is 3.10. The predicted molar refractivity (Wildman–Crippen MR) is 124 cm³/mol. The number of amides is 1. The van der Waals surface area contributed by atoms with Crippen LogP contribution in [0.15, 0.2) is 46.9 Å². The van der Waals surface area contributed by atoms with Gasteiger partial charge in [0.05, 0.1) is 12.3 Å². The fraction of sp³-hybridized carbons (Fsp3) is 0.304. The van der Waals surface area contributed by atoms with Crippen LogP contribution in [0.4, 0.5) is 5.13 Å². The van der Waals surface area contributed by atoms with E-state index in [0.717, 1.165) is 33.5 Å². The van der Waals surface area contributed by atoms with Crippen LogP contribution in [0, 0.1) is 13.8 Å². The highest BCUT2D eigenvalue weighted by Crippen LogP contribution is 2.32. The molecule has 0 fully saturated rings. The van der Waals surface area contributed by atoms with Crippen molar-refractivity contribution < 1.29 is 9.53 Å². The van der Waals surface area contributed by atoms with E-state index in [0.29, 0.717) is 24.6 Å². The maximum absolute atomic E-state index is 12.3. The zero-order chi connectivity index (χ0) is 20.8. The van der Waals surface area contributed by atoms with Crippen LogP contribution in [-0.4, -0.2) is 17.5 Å². The van der Waals surface area contributed by atoms with Gasteiger partial charge in [0.25, 0.3) is 0 Å². The minimum Gasteiger partial charge on any atom is -0.493 e. The Kier molecular flexibility index (Phi) is 7.45. The molecule has 1 N–H and O–H groups in total. The minimum atomic E-state index is -0.0343. The highest BCUT2D eigenvalue weighted by Gasteiger charge is 2.14. The number of carbonyl (C=O) groups excluding carboxylic acids is 1. The number of anilines is 1. The van der Waals surface area contributed by atoms with E-state index in [1.165, 1.54) is 10.4 Å².